The fourth-order valence-corrected chi connectivity index (χ4v) is 3.92. The molecule has 1 aromatic heterocycles. The molecule has 0 saturated carbocycles. The predicted octanol–water partition coefficient (Wildman–Crippen LogP) is 4.78. The van der Waals surface area contributed by atoms with Crippen molar-refractivity contribution in [2.24, 2.45) is 0 Å². The minimum atomic E-state index is -4.81. The van der Waals surface area contributed by atoms with Gasteiger partial charge in [0.25, 0.3) is 5.91 Å². The highest BCUT2D eigenvalue weighted by atomic mass is 19.4. The van der Waals surface area contributed by atoms with Gasteiger partial charge in [-0.3, -0.25) is 4.79 Å². The Hall–Kier alpha value is -4.13. The maximum Gasteiger partial charge on any atom is 0.417 e. The number of nitrogens with one attached hydrogen (secondary N) is 1. The minimum absolute atomic E-state index is 0.116. The average molecular weight is 467 g/mol. The van der Waals surface area contributed by atoms with Crippen LogP contribution < -0.4 is 10.2 Å². The highest BCUT2D eigenvalue weighted by Crippen LogP contribution is 2.37. The first kappa shape index (κ1) is 23.0. The van der Waals surface area contributed by atoms with Gasteiger partial charge in [-0.1, -0.05) is 24.3 Å². The topological polar surface area (TPSA) is 89.3 Å². The normalized spacial score (nSPS) is 15.6. The van der Waals surface area contributed by atoms with E-state index in [1.165, 1.54) is 30.9 Å². The van der Waals surface area contributed by atoms with Crippen molar-refractivity contribution in [3.05, 3.63) is 65.9 Å². The lowest BCUT2D eigenvalue weighted by Crippen LogP contribution is -2.46. The van der Waals surface area contributed by atoms with Crippen LogP contribution in [0.25, 0.3) is 10.8 Å². The molecular weight excluding hydrogens is 447 g/mol. The van der Waals surface area contributed by atoms with Gasteiger partial charge in [0.15, 0.2) is 0 Å². The number of carbonyl (C=O) groups is 2. The number of hydrogen-bond acceptors (Lipinski definition) is 5. The number of imide groups is 1. The number of halogens is 3. The zero-order chi connectivity index (χ0) is 24.7. The van der Waals surface area contributed by atoms with E-state index in [9.17, 15) is 22.8 Å². The lowest BCUT2D eigenvalue weighted by atomic mass is 10.0. The molecule has 2 aromatic carbocycles. The van der Waals surface area contributed by atoms with Gasteiger partial charge in [-0.25, -0.2) is 14.7 Å². The summed E-state index contributed by atoms with van der Waals surface area (Å²) in [6, 6.07) is 13.1. The summed E-state index contributed by atoms with van der Waals surface area (Å²) in [4.78, 5) is 32.5. The molecule has 0 bridgehead atoms. The summed E-state index contributed by atoms with van der Waals surface area (Å²) in [5, 5.41) is 14.1. The van der Waals surface area contributed by atoms with Crippen molar-refractivity contribution in [1.29, 1.82) is 5.26 Å². The summed E-state index contributed by atoms with van der Waals surface area (Å²) in [6.45, 7) is 3.46. The highest BCUT2D eigenvalue weighted by Gasteiger charge is 2.52. The number of pyridine rings is 1. The van der Waals surface area contributed by atoms with Crippen molar-refractivity contribution in [2.75, 3.05) is 23.3 Å². The molecule has 3 amide bonds. The van der Waals surface area contributed by atoms with E-state index in [2.05, 4.69) is 10.3 Å². The number of aromatic nitrogens is 1. The lowest BCUT2D eigenvalue weighted by Gasteiger charge is -2.27. The van der Waals surface area contributed by atoms with Gasteiger partial charge in [0.1, 0.15) is 11.4 Å². The van der Waals surface area contributed by atoms with Gasteiger partial charge < -0.3 is 10.2 Å². The van der Waals surface area contributed by atoms with E-state index < -0.39 is 34.8 Å². The van der Waals surface area contributed by atoms with Gasteiger partial charge in [0.2, 0.25) is 0 Å². The zero-order valence-electron chi connectivity index (χ0n) is 18.3. The van der Waals surface area contributed by atoms with Crippen molar-refractivity contribution in [3.63, 3.8) is 0 Å². The van der Waals surface area contributed by atoms with E-state index in [-0.39, 0.29) is 18.8 Å². The van der Waals surface area contributed by atoms with Gasteiger partial charge in [-0.05, 0) is 43.5 Å². The molecule has 4 rings (SSSR count). The molecule has 10 heteroatoms. The number of rotatable bonds is 5. The summed E-state index contributed by atoms with van der Waals surface area (Å²) in [7, 11) is 0. The number of nitriles is 1. The standard InChI is InChI=1S/C24H20F3N5O2/c1-23(2)21(33)32(18-8-7-16(13-28)19(12-18)24(25,26)27)22(34)31(23)10-9-29-20-11-15-5-3-4-6-17(15)14-30-20/h3-8,11-12,14H,9-10H2,1-2H3,(H,29,30). The van der Waals surface area contributed by atoms with Crippen LogP contribution >= 0.6 is 0 Å². The number of urea groups is 1. The van der Waals surface area contributed by atoms with Crippen LogP contribution in [-0.4, -0.2) is 40.5 Å². The molecule has 34 heavy (non-hydrogen) atoms. The first-order chi connectivity index (χ1) is 16.0. The number of anilines is 2. The number of nitrogens with zero attached hydrogens (tertiary/aromatic N) is 4. The lowest BCUT2D eigenvalue weighted by molar-refractivity contribution is -0.137. The fraction of sp³-hybridized carbons (Fsp3) is 0.250. The van der Waals surface area contributed by atoms with E-state index in [1.807, 2.05) is 30.3 Å². The van der Waals surface area contributed by atoms with Crippen LogP contribution in [0.2, 0.25) is 0 Å². The third kappa shape index (κ3) is 4.01. The van der Waals surface area contributed by atoms with E-state index >= 15 is 0 Å². The second-order valence-electron chi connectivity index (χ2n) is 8.32. The van der Waals surface area contributed by atoms with E-state index in [0.29, 0.717) is 11.9 Å². The van der Waals surface area contributed by atoms with Crippen LogP contribution in [0, 0.1) is 11.3 Å². The fourth-order valence-electron chi connectivity index (χ4n) is 3.92. The van der Waals surface area contributed by atoms with Crippen LogP contribution in [0.3, 0.4) is 0 Å². The van der Waals surface area contributed by atoms with Gasteiger partial charge in [-0.15, -0.1) is 0 Å². The molecule has 7 nitrogen and oxygen atoms in total. The third-order valence-corrected chi connectivity index (χ3v) is 5.78. The Kier molecular flexibility index (Phi) is 5.65. The Bertz CT molecular complexity index is 1330. The van der Waals surface area contributed by atoms with Crippen molar-refractivity contribution in [2.45, 2.75) is 25.6 Å². The van der Waals surface area contributed by atoms with Crippen LogP contribution in [0.15, 0.2) is 54.7 Å². The maximum absolute atomic E-state index is 13.4. The smallest absolute Gasteiger partial charge is 0.368 e. The molecular formula is C24H20F3N5O2. The van der Waals surface area contributed by atoms with Crippen molar-refractivity contribution in [3.8, 4) is 6.07 Å². The Morgan fingerprint density at radius 2 is 1.79 bits per heavy atom. The van der Waals surface area contributed by atoms with Gasteiger partial charge >= 0.3 is 12.2 Å². The quantitative estimate of drug-likeness (QED) is 0.546. The van der Waals surface area contributed by atoms with Gasteiger partial charge in [-0.2, -0.15) is 18.4 Å². The summed E-state index contributed by atoms with van der Waals surface area (Å²) in [6.07, 6.45) is -3.09. The average Bonchev–Trinajstić information content (AvgIpc) is 2.97. The van der Waals surface area contributed by atoms with Crippen LogP contribution in [-0.2, 0) is 11.0 Å². The predicted molar refractivity (Wildman–Crippen MR) is 120 cm³/mol. The first-order valence-electron chi connectivity index (χ1n) is 10.4. The molecule has 1 aliphatic heterocycles. The summed E-state index contributed by atoms with van der Waals surface area (Å²) in [5.41, 5.74) is -3.30. The van der Waals surface area contributed by atoms with E-state index in [0.717, 1.165) is 21.7 Å². The van der Waals surface area contributed by atoms with Gasteiger partial charge in [0.05, 0.1) is 22.9 Å². The number of alkyl halides is 3. The third-order valence-electron chi connectivity index (χ3n) is 5.78. The zero-order valence-corrected chi connectivity index (χ0v) is 18.3. The number of hydrogen-bond donors (Lipinski definition) is 1. The molecule has 1 fully saturated rings. The van der Waals surface area contributed by atoms with E-state index in [1.54, 1.807) is 6.20 Å². The Morgan fingerprint density at radius 1 is 1.09 bits per heavy atom. The molecule has 0 unspecified atom stereocenters. The molecule has 1 saturated heterocycles. The summed E-state index contributed by atoms with van der Waals surface area (Å²) < 4.78 is 40.2. The molecule has 0 spiro atoms. The molecule has 2 heterocycles. The molecule has 1 aliphatic rings. The largest absolute Gasteiger partial charge is 0.417 e. The Balaban J connectivity index is 1.54. The number of carbonyl (C=O) groups excluding carboxylic acids is 2. The number of fused-ring (bicyclic) bond motifs is 1. The molecule has 174 valence electrons. The van der Waals surface area contributed by atoms with Crippen LogP contribution in [0.4, 0.5) is 29.5 Å². The first-order valence-corrected chi connectivity index (χ1v) is 10.4. The Labute approximate surface area is 193 Å². The van der Waals surface area contributed by atoms with Crippen LogP contribution in [0.5, 0.6) is 0 Å². The van der Waals surface area contributed by atoms with E-state index in [4.69, 9.17) is 5.26 Å². The molecule has 0 atom stereocenters. The van der Waals surface area contributed by atoms with Crippen molar-refractivity contribution < 1.29 is 22.8 Å². The van der Waals surface area contributed by atoms with Crippen molar-refractivity contribution in [1.82, 2.24) is 9.88 Å². The van der Waals surface area contributed by atoms with Crippen LogP contribution in [0.1, 0.15) is 25.0 Å². The van der Waals surface area contributed by atoms with Gasteiger partial charge in [0, 0.05) is 24.7 Å². The number of benzene rings is 2. The number of amides is 3. The summed E-state index contributed by atoms with van der Waals surface area (Å²) >= 11 is 0. The monoisotopic (exact) mass is 467 g/mol. The molecule has 0 aliphatic carbocycles. The second-order valence-corrected chi connectivity index (χ2v) is 8.32. The molecule has 3 aromatic rings. The molecule has 0 radical (unpaired) electrons. The summed E-state index contributed by atoms with van der Waals surface area (Å²) in [5.74, 6) is -0.0626. The van der Waals surface area contributed by atoms with Crippen molar-refractivity contribution >= 4 is 34.2 Å². The Morgan fingerprint density at radius 3 is 2.47 bits per heavy atom. The highest BCUT2D eigenvalue weighted by molar-refractivity contribution is 6.23. The maximum atomic E-state index is 13.4. The second kappa shape index (κ2) is 8.33. The SMILES string of the molecule is CC1(C)C(=O)N(c2ccc(C#N)c(C(F)(F)F)c2)C(=O)N1CCNc1cc2ccccc2cn1. The minimum Gasteiger partial charge on any atom is -0.368 e. The molecule has 1 N–H and O–H groups in total.